The predicted molar refractivity (Wildman–Crippen MR) is 89.3 cm³/mol. The molecule has 0 fully saturated rings. The van der Waals surface area contributed by atoms with Crippen LogP contribution >= 0.6 is 0 Å². The summed E-state index contributed by atoms with van der Waals surface area (Å²) in [6.45, 7) is 3.97. The largest absolute Gasteiger partial charge is 0.478 e. The molecule has 1 atom stereocenters. The summed E-state index contributed by atoms with van der Waals surface area (Å²) in [5, 5.41) is 8.94. The van der Waals surface area contributed by atoms with E-state index in [9.17, 15) is 17.6 Å². The smallest absolute Gasteiger partial charge is 0.338 e. The quantitative estimate of drug-likeness (QED) is 0.828. The molecule has 2 rings (SSSR count). The van der Waals surface area contributed by atoms with Gasteiger partial charge in [0, 0.05) is 0 Å². The molecule has 0 spiro atoms. The summed E-state index contributed by atoms with van der Waals surface area (Å²) >= 11 is 0. The number of anilines is 1. The Balaban J connectivity index is 2.43. The molecule has 7 heteroatoms. The first-order valence-corrected chi connectivity index (χ1v) is 8.89. The zero-order valence-electron chi connectivity index (χ0n) is 13.3. The average molecular weight is 351 g/mol. The maximum atomic E-state index is 13.5. The molecule has 2 aromatic rings. The molecule has 0 saturated heterocycles. The number of hydrogen-bond acceptors (Lipinski definition) is 3. The molecular weight excluding hydrogens is 333 g/mol. The lowest BCUT2D eigenvalue weighted by molar-refractivity contribution is 0.0691. The molecule has 0 bridgehead atoms. The Bertz CT molecular complexity index is 865. The minimum atomic E-state index is -4.03. The lowest BCUT2D eigenvalue weighted by atomic mass is 9.97. The average Bonchev–Trinajstić information content (AvgIpc) is 2.54. The molecule has 0 amide bonds. The number of carbonyl (C=O) groups is 1. The van der Waals surface area contributed by atoms with Gasteiger partial charge in [-0.2, -0.15) is 0 Å². The van der Waals surface area contributed by atoms with Crippen molar-refractivity contribution in [3.05, 3.63) is 59.4 Å². The van der Waals surface area contributed by atoms with Crippen molar-refractivity contribution in [2.24, 2.45) is 0 Å². The van der Waals surface area contributed by atoms with Crippen LogP contribution in [0.25, 0.3) is 0 Å². The molecule has 24 heavy (non-hydrogen) atoms. The Morgan fingerprint density at radius 2 is 1.92 bits per heavy atom. The molecule has 5 nitrogen and oxygen atoms in total. The molecule has 0 saturated carbocycles. The Kier molecular flexibility index (Phi) is 5.23. The van der Waals surface area contributed by atoms with Crippen LogP contribution in [0.3, 0.4) is 0 Å². The summed E-state index contributed by atoms with van der Waals surface area (Å²) in [4.78, 5) is 10.7. The van der Waals surface area contributed by atoms with Crippen LogP contribution in [-0.2, 0) is 10.0 Å². The van der Waals surface area contributed by atoms with Gasteiger partial charge in [0.25, 0.3) is 10.0 Å². The topological polar surface area (TPSA) is 83.5 Å². The van der Waals surface area contributed by atoms with E-state index in [1.807, 2.05) is 26.0 Å². The van der Waals surface area contributed by atoms with E-state index < -0.39 is 27.4 Å². The van der Waals surface area contributed by atoms with Gasteiger partial charge in [0.1, 0.15) is 5.82 Å². The lowest BCUT2D eigenvalue weighted by Crippen LogP contribution is -2.16. The number of hydrogen-bond donors (Lipinski definition) is 2. The SMILES string of the molecule is CC[C@H](C)c1ccccc1NS(=O)(=O)c1ccc(F)c(C(=O)O)c1. The van der Waals surface area contributed by atoms with Gasteiger partial charge in [-0.3, -0.25) is 4.72 Å². The molecule has 0 aliphatic heterocycles. The third-order valence-electron chi connectivity index (χ3n) is 3.83. The van der Waals surface area contributed by atoms with Gasteiger partial charge in [0.15, 0.2) is 0 Å². The Labute approximate surface area is 140 Å². The van der Waals surface area contributed by atoms with Crippen LogP contribution in [0.1, 0.15) is 42.1 Å². The van der Waals surface area contributed by atoms with E-state index in [1.165, 1.54) is 0 Å². The molecule has 0 aliphatic rings. The fourth-order valence-corrected chi connectivity index (χ4v) is 3.39. The number of para-hydroxylation sites is 1. The van der Waals surface area contributed by atoms with Crippen molar-refractivity contribution in [2.45, 2.75) is 31.1 Å². The summed E-state index contributed by atoms with van der Waals surface area (Å²) in [7, 11) is -4.03. The third-order valence-corrected chi connectivity index (χ3v) is 5.19. The lowest BCUT2D eigenvalue weighted by Gasteiger charge is -2.16. The highest BCUT2D eigenvalue weighted by Crippen LogP contribution is 2.28. The number of halogens is 1. The number of benzene rings is 2. The van der Waals surface area contributed by atoms with E-state index >= 15 is 0 Å². The number of nitrogens with one attached hydrogen (secondary N) is 1. The summed E-state index contributed by atoms with van der Waals surface area (Å²) in [5.41, 5.74) is 0.574. The second-order valence-electron chi connectivity index (χ2n) is 5.45. The van der Waals surface area contributed by atoms with Gasteiger partial charge in [-0.15, -0.1) is 0 Å². The van der Waals surface area contributed by atoms with Gasteiger partial charge in [-0.25, -0.2) is 17.6 Å². The first kappa shape index (κ1) is 17.9. The van der Waals surface area contributed by atoms with Crippen molar-refractivity contribution < 1.29 is 22.7 Å². The van der Waals surface area contributed by atoms with Crippen molar-refractivity contribution in [1.29, 1.82) is 0 Å². The fourth-order valence-electron chi connectivity index (χ4n) is 2.28. The standard InChI is InChI=1S/C17H18FNO4S/c1-3-11(2)13-6-4-5-7-16(13)19-24(22,23)12-8-9-15(18)14(10-12)17(20)21/h4-11,19H,3H2,1-2H3,(H,20,21)/t11-/m0/s1. The second-order valence-corrected chi connectivity index (χ2v) is 7.13. The molecular formula is C17H18FNO4S. The van der Waals surface area contributed by atoms with E-state index in [0.29, 0.717) is 5.69 Å². The number of carboxylic acids is 1. The van der Waals surface area contributed by atoms with Crippen LogP contribution in [-0.4, -0.2) is 19.5 Å². The number of carboxylic acid groups (broad SMARTS) is 1. The maximum absolute atomic E-state index is 13.5. The monoisotopic (exact) mass is 351 g/mol. The van der Waals surface area contributed by atoms with E-state index in [4.69, 9.17) is 5.11 Å². The Hall–Kier alpha value is -2.41. The van der Waals surface area contributed by atoms with Crippen LogP contribution in [0.2, 0.25) is 0 Å². The minimum absolute atomic E-state index is 0.145. The molecule has 0 radical (unpaired) electrons. The molecule has 0 unspecified atom stereocenters. The van der Waals surface area contributed by atoms with Crippen LogP contribution in [0.15, 0.2) is 47.4 Å². The van der Waals surface area contributed by atoms with Crippen LogP contribution in [0, 0.1) is 5.82 Å². The highest BCUT2D eigenvalue weighted by Gasteiger charge is 2.21. The fraction of sp³-hybridized carbons (Fsp3) is 0.235. The second kappa shape index (κ2) is 7.00. The van der Waals surface area contributed by atoms with E-state index in [0.717, 1.165) is 30.2 Å². The molecule has 0 aliphatic carbocycles. The van der Waals surface area contributed by atoms with Gasteiger partial charge in [-0.1, -0.05) is 32.0 Å². The molecule has 2 N–H and O–H groups in total. The van der Waals surface area contributed by atoms with Gasteiger partial charge in [0.2, 0.25) is 0 Å². The van der Waals surface area contributed by atoms with Crippen molar-refractivity contribution >= 4 is 21.7 Å². The van der Waals surface area contributed by atoms with Gasteiger partial charge >= 0.3 is 5.97 Å². The van der Waals surface area contributed by atoms with Crippen molar-refractivity contribution in [3.8, 4) is 0 Å². The van der Waals surface area contributed by atoms with Gasteiger partial charge < -0.3 is 5.11 Å². The zero-order chi connectivity index (χ0) is 17.9. The number of sulfonamides is 1. The normalized spacial score (nSPS) is 12.6. The molecule has 0 aromatic heterocycles. The summed E-state index contributed by atoms with van der Waals surface area (Å²) in [6.07, 6.45) is 0.832. The van der Waals surface area contributed by atoms with Crippen LogP contribution < -0.4 is 4.72 Å². The summed E-state index contributed by atoms with van der Waals surface area (Å²) in [6, 6.07) is 9.68. The van der Waals surface area contributed by atoms with E-state index in [1.54, 1.807) is 12.1 Å². The molecule has 0 heterocycles. The maximum Gasteiger partial charge on any atom is 0.338 e. The Morgan fingerprint density at radius 1 is 1.25 bits per heavy atom. The van der Waals surface area contributed by atoms with Gasteiger partial charge in [0.05, 0.1) is 16.1 Å². The van der Waals surface area contributed by atoms with Crippen LogP contribution in [0.5, 0.6) is 0 Å². The molecule has 2 aromatic carbocycles. The van der Waals surface area contributed by atoms with Crippen LogP contribution in [0.4, 0.5) is 10.1 Å². The molecule has 128 valence electrons. The van der Waals surface area contributed by atoms with Gasteiger partial charge in [-0.05, 0) is 42.2 Å². The summed E-state index contributed by atoms with van der Waals surface area (Å²) in [5.74, 6) is -2.36. The van der Waals surface area contributed by atoms with Crippen molar-refractivity contribution in [1.82, 2.24) is 0 Å². The Morgan fingerprint density at radius 3 is 2.54 bits per heavy atom. The van der Waals surface area contributed by atoms with E-state index in [-0.39, 0.29) is 10.8 Å². The minimum Gasteiger partial charge on any atom is -0.478 e. The number of aromatic carboxylic acids is 1. The highest BCUT2D eigenvalue weighted by atomic mass is 32.2. The van der Waals surface area contributed by atoms with Crippen molar-refractivity contribution in [3.63, 3.8) is 0 Å². The first-order chi connectivity index (χ1) is 11.3. The zero-order valence-corrected chi connectivity index (χ0v) is 14.1. The highest BCUT2D eigenvalue weighted by molar-refractivity contribution is 7.92. The number of rotatable bonds is 6. The van der Waals surface area contributed by atoms with Crippen molar-refractivity contribution in [2.75, 3.05) is 4.72 Å². The van der Waals surface area contributed by atoms with E-state index in [2.05, 4.69) is 4.72 Å². The third kappa shape index (κ3) is 3.73. The predicted octanol–water partition coefficient (Wildman–Crippen LogP) is 3.84. The first-order valence-electron chi connectivity index (χ1n) is 7.41. The summed E-state index contributed by atoms with van der Waals surface area (Å²) < 4.78 is 41.0.